The summed E-state index contributed by atoms with van der Waals surface area (Å²) in [7, 11) is 0. The maximum absolute atomic E-state index is 13.3. The zero-order chi connectivity index (χ0) is 20.1. The fraction of sp³-hybridized carbons (Fsp3) is 0.263. The van der Waals surface area contributed by atoms with Crippen LogP contribution < -0.4 is 10.5 Å². The standard InChI is InChI=1S/C19H15ClF3N3O2/c20-14-4-2-1-3-13(14)16-15-9-11(19(21,22)23)5-8-26(15)18(24-17(16)28)25-7-6-12(27)10-25/h1-5,8-9,12,27H,6-7,10H2/t12-/m1/s1. The van der Waals surface area contributed by atoms with Crippen LogP contribution in [0.15, 0.2) is 47.4 Å². The summed E-state index contributed by atoms with van der Waals surface area (Å²) in [4.78, 5) is 18.6. The lowest BCUT2D eigenvalue weighted by Gasteiger charge is -2.21. The van der Waals surface area contributed by atoms with E-state index in [0.29, 0.717) is 18.5 Å². The van der Waals surface area contributed by atoms with Gasteiger partial charge in [0.2, 0.25) is 5.95 Å². The number of aliphatic hydroxyl groups is 1. The highest BCUT2D eigenvalue weighted by Gasteiger charge is 2.32. The van der Waals surface area contributed by atoms with Gasteiger partial charge in [-0.2, -0.15) is 18.2 Å². The van der Waals surface area contributed by atoms with Gasteiger partial charge in [-0.05, 0) is 24.6 Å². The highest BCUT2D eigenvalue weighted by molar-refractivity contribution is 6.33. The third-order valence-electron chi connectivity index (χ3n) is 4.76. The summed E-state index contributed by atoms with van der Waals surface area (Å²) in [6, 6.07) is 8.31. The maximum Gasteiger partial charge on any atom is 0.416 e. The number of aliphatic hydroxyl groups excluding tert-OH is 1. The lowest BCUT2D eigenvalue weighted by Crippen LogP contribution is -2.28. The van der Waals surface area contributed by atoms with Crippen molar-refractivity contribution in [2.45, 2.75) is 18.7 Å². The number of pyridine rings is 1. The summed E-state index contributed by atoms with van der Waals surface area (Å²) in [6.45, 7) is 0.698. The first-order valence-electron chi connectivity index (χ1n) is 8.57. The maximum atomic E-state index is 13.3. The molecule has 5 nitrogen and oxygen atoms in total. The third-order valence-corrected chi connectivity index (χ3v) is 5.09. The predicted octanol–water partition coefficient (Wildman–Crippen LogP) is 3.60. The predicted molar refractivity (Wildman–Crippen MR) is 99.7 cm³/mol. The number of halogens is 4. The van der Waals surface area contributed by atoms with Gasteiger partial charge in [-0.1, -0.05) is 29.8 Å². The second-order valence-electron chi connectivity index (χ2n) is 6.63. The first-order chi connectivity index (χ1) is 13.3. The molecule has 1 atom stereocenters. The third kappa shape index (κ3) is 3.22. The van der Waals surface area contributed by atoms with Crippen LogP contribution in [0.25, 0.3) is 16.6 Å². The minimum atomic E-state index is -4.57. The molecule has 146 valence electrons. The summed E-state index contributed by atoms with van der Waals surface area (Å²) in [6.07, 6.45) is -3.41. The van der Waals surface area contributed by atoms with E-state index >= 15 is 0 Å². The number of rotatable bonds is 2. The van der Waals surface area contributed by atoms with Crippen LogP contribution in [0, 0.1) is 0 Å². The van der Waals surface area contributed by atoms with Crippen LogP contribution in [0.4, 0.5) is 19.1 Å². The van der Waals surface area contributed by atoms with E-state index in [1.54, 1.807) is 29.2 Å². The molecule has 0 amide bonds. The van der Waals surface area contributed by atoms with E-state index in [4.69, 9.17) is 11.6 Å². The number of hydrogen-bond acceptors (Lipinski definition) is 4. The van der Waals surface area contributed by atoms with Crippen LogP contribution in [0.3, 0.4) is 0 Å². The van der Waals surface area contributed by atoms with Crippen LogP contribution in [0.2, 0.25) is 5.02 Å². The van der Waals surface area contributed by atoms with Gasteiger partial charge in [-0.3, -0.25) is 9.20 Å². The summed E-state index contributed by atoms with van der Waals surface area (Å²) in [5.74, 6) is 0.195. The van der Waals surface area contributed by atoms with Gasteiger partial charge in [0.25, 0.3) is 5.56 Å². The van der Waals surface area contributed by atoms with E-state index in [-0.39, 0.29) is 28.6 Å². The molecule has 3 aromatic rings. The molecule has 1 aromatic carbocycles. The quantitative estimate of drug-likeness (QED) is 0.702. The zero-order valence-corrected chi connectivity index (χ0v) is 15.2. The van der Waals surface area contributed by atoms with Crippen LogP contribution in [-0.2, 0) is 6.18 Å². The molecule has 4 rings (SSSR count). The van der Waals surface area contributed by atoms with Gasteiger partial charge in [0.05, 0.1) is 22.7 Å². The normalized spacial score (nSPS) is 17.5. The van der Waals surface area contributed by atoms with Crippen LogP contribution in [-0.4, -0.2) is 33.7 Å². The van der Waals surface area contributed by atoms with Gasteiger partial charge in [0, 0.05) is 29.9 Å². The van der Waals surface area contributed by atoms with Crippen molar-refractivity contribution in [1.29, 1.82) is 0 Å². The number of nitrogens with zero attached hydrogens (tertiary/aromatic N) is 3. The Morgan fingerprint density at radius 1 is 1.21 bits per heavy atom. The monoisotopic (exact) mass is 409 g/mol. The molecule has 1 N–H and O–H groups in total. The molecule has 0 radical (unpaired) electrons. The van der Waals surface area contributed by atoms with Crippen molar-refractivity contribution in [3.63, 3.8) is 0 Å². The lowest BCUT2D eigenvalue weighted by atomic mass is 10.0. The molecule has 1 aliphatic rings. The molecule has 2 aromatic heterocycles. The first-order valence-corrected chi connectivity index (χ1v) is 8.95. The van der Waals surface area contributed by atoms with E-state index in [1.165, 1.54) is 10.6 Å². The van der Waals surface area contributed by atoms with Crippen molar-refractivity contribution in [3.8, 4) is 11.1 Å². The highest BCUT2D eigenvalue weighted by atomic mass is 35.5. The Bertz CT molecular complexity index is 1110. The van der Waals surface area contributed by atoms with E-state index in [2.05, 4.69) is 4.98 Å². The molecule has 1 fully saturated rings. The molecule has 0 bridgehead atoms. The van der Waals surface area contributed by atoms with Gasteiger partial charge in [0.1, 0.15) is 0 Å². The van der Waals surface area contributed by atoms with E-state index < -0.39 is 23.4 Å². The molecule has 0 unspecified atom stereocenters. The summed E-state index contributed by atoms with van der Waals surface area (Å²) < 4.78 is 41.4. The second kappa shape index (κ2) is 6.79. The highest BCUT2D eigenvalue weighted by Crippen LogP contribution is 2.34. The van der Waals surface area contributed by atoms with Crippen molar-refractivity contribution in [2.75, 3.05) is 18.0 Å². The number of benzene rings is 1. The van der Waals surface area contributed by atoms with Crippen molar-refractivity contribution in [3.05, 3.63) is 63.5 Å². The summed E-state index contributed by atoms with van der Waals surface area (Å²) in [5, 5.41) is 10.0. The summed E-state index contributed by atoms with van der Waals surface area (Å²) in [5.41, 5.74) is -1.19. The summed E-state index contributed by atoms with van der Waals surface area (Å²) >= 11 is 6.21. The van der Waals surface area contributed by atoms with Gasteiger partial charge in [-0.15, -0.1) is 0 Å². The smallest absolute Gasteiger partial charge is 0.391 e. The van der Waals surface area contributed by atoms with Gasteiger partial charge in [0.15, 0.2) is 0 Å². The number of anilines is 1. The number of β-amino-alcohol motifs (C(OH)–C–C–N with tert-alkyl or cyclic N) is 1. The van der Waals surface area contributed by atoms with E-state index in [1.807, 2.05) is 0 Å². The Morgan fingerprint density at radius 2 is 1.96 bits per heavy atom. The molecular formula is C19H15ClF3N3O2. The molecule has 1 aliphatic heterocycles. The van der Waals surface area contributed by atoms with Crippen molar-refractivity contribution in [1.82, 2.24) is 9.38 Å². The van der Waals surface area contributed by atoms with Crippen molar-refractivity contribution < 1.29 is 18.3 Å². The minimum absolute atomic E-state index is 0.000181. The van der Waals surface area contributed by atoms with Crippen LogP contribution in [0.1, 0.15) is 12.0 Å². The Labute approximate surface area is 162 Å². The van der Waals surface area contributed by atoms with E-state index in [0.717, 1.165) is 12.1 Å². The fourth-order valence-corrected chi connectivity index (χ4v) is 3.65. The molecule has 28 heavy (non-hydrogen) atoms. The second-order valence-corrected chi connectivity index (χ2v) is 7.04. The molecule has 9 heteroatoms. The lowest BCUT2D eigenvalue weighted by molar-refractivity contribution is -0.137. The average Bonchev–Trinajstić information content (AvgIpc) is 3.07. The first kappa shape index (κ1) is 18.8. The molecule has 0 saturated carbocycles. The molecule has 3 heterocycles. The Hall–Kier alpha value is -2.58. The number of fused-ring (bicyclic) bond motifs is 1. The minimum Gasteiger partial charge on any atom is -0.391 e. The number of aromatic nitrogens is 2. The molecular weight excluding hydrogens is 395 g/mol. The van der Waals surface area contributed by atoms with Crippen LogP contribution in [0.5, 0.6) is 0 Å². The SMILES string of the molecule is O=c1nc(N2CC[C@@H](O)C2)n2ccc(C(F)(F)F)cc2c1-c1ccccc1Cl. The number of hydrogen-bond donors (Lipinski definition) is 1. The largest absolute Gasteiger partial charge is 0.416 e. The van der Waals surface area contributed by atoms with E-state index in [9.17, 15) is 23.1 Å². The Balaban J connectivity index is 2.05. The van der Waals surface area contributed by atoms with Crippen LogP contribution >= 0.6 is 11.6 Å². The zero-order valence-electron chi connectivity index (χ0n) is 14.4. The van der Waals surface area contributed by atoms with Gasteiger partial charge >= 0.3 is 6.18 Å². The topological polar surface area (TPSA) is 57.8 Å². The Kier molecular flexibility index (Phi) is 4.55. The van der Waals surface area contributed by atoms with Gasteiger partial charge < -0.3 is 10.0 Å². The number of alkyl halides is 3. The molecule has 0 spiro atoms. The fourth-order valence-electron chi connectivity index (χ4n) is 3.42. The molecule has 1 saturated heterocycles. The van der Waals surface area contributed by atoms with Crippen molar-refractivity contribution in [2.24, 2.45) is 0 Å². The molecule has 0 aliphatic carbocycles. The average molecular weight is 410 g/mol. The Morgan fingerprint density at radius 3 is 2.61 bits per heavy atom. The van der Waals surface area contributed by atoms with Crippen molar-refractivity contribution >= 4 is 23.1 Å². The van der Waals surface area contributed by atoms with Gasteiger partial charge in [-0.25, -0.2) is 0 Å².